The van der Waals surface area contributed by atoms with Crippen molar-refractivity contribution >= 4 is 15.7 Å². The molecule has 0 amide bonds. The number of nitrogens with zero attached hydrogens (tertiary/aromatic N) is 1. The molecule has 5 nitrogen and oxygen atoms in total. The van der Waals surface area contributed by atoms with Gasteiger partial charge in [-0.3, -0.25) is 0 Å². The molecule has 1 fully saturated rings. The van der Waals surface area contributed by atoms with Crippen LogP contribution in [0.25, 0.3) is 0 Å². The predicted molar refractivity (Wildman–Crippen MR) is 76.6 cm³/mol. The van der Waals surface area contributed by atoms with Gasteiger partial charge in [-0.15, -0.1) is 0 Å². The van der Waals surface area contributed by atoms with Crippen molar-refractivity contribution in [2.24, 2.45) is 5.14 Å². The summed E-state index contributed by atoms with van der Waals surface area (Å²) in [5.41, 5.74) is 0.304. The Kier molecular flexibility index (Phi) is 4.95. The lowest BCUT2D eigenvalue weighted by atomic mass is 10.3. The number of rotatable bonds is 6. The van der Waals surface area contributed by atoms with E-state index in [0.29, 0.717) is 12.2 Å². The maximum atomic E-state index is 13.7. The van der Waals surface area contributed by atoms with Crippen LogP contribution in [0.15, 0.2) is 23.1 Å². The number of sulfonamides is 1. The van der Waals surface area contributed by atoms with Gasteiger partial charge in [0, 0.05) is 6.54 Å². The lowest BCUT2D eigenvalue weighted by Crippen LogP contribution is -2.22. The third kappa shape index (κ3) is 4.16. The summed E-state index contributed by atoms with van der Waals surface area (Å²) in [6, 6.07) is 3.66. The summed E-state index contributed by atoms with van der Waals surface area (Å²) < 4.78 is 35.9. The molecule has 0 aromatic heterocycles. The van der Waals surface area contributed by atoms with Gasteiger partial charge in [0.1, 0.15) is 5.82 Å². The third-order valence-electron chi connectivity index (χ3n) is 3.43. The lowest BCUT2D eigenvalue weighted by Gasteiger charge is -2.15. The Morgan fingerprint density at radius 3 is 2.60 bits per heavy atom. The number of nitrogens with two attached hydrogens (primary N) is 1. The Bertz CT molecular complexity index is 557. The summed E-state index contributed by atoms with van der Waals surface area (Å²) in [4.78, 5) is 2.18. The van der Waals surface area contributed by atoms with Crippen LogP contribution in [0, 0.1) is 5.82 Å². The highest BCUT2D eigenvalue weighted by molar-refractivity contribution is 7.89. The van der Waals surface area contributed by atoms with E-state index in [9.17, 15) is 12.8 Å². The minimum absolute atomic E-state index is 0.211. The quantitative estimate of drug-likeness (QED) is 0.778. The predicted octanol–water partition coefficient (Wildman–Crippen LogP) is 1.37. The lowest BCUT2D eigenvalue weighted by molar-refractivity contribution is 0.337. The number of anilines is 1. The zero-order valence-electron chi connectivity index (χ0n) is 11.3. The molecule has 0 unspecified atom stereocenters. The maximum absolute atomic E-state index is 13.7. The molecule has 1 saturated heterocycles. The Balaban J connectivity index is 1.83. The molecule has 1 aromatic rings. The van der Waals surface area contributed by atoms with Crippen molar-refractivity contribution in [3.05, 3.63) is 24.0 Å². The monoisotopic (exact) mass is 301 g/mol. The highest BCUT2D eigenvalue weighted by Crippen LogP contribution is 2.18. The number of hydrogen-bond acceptors (Lipinski definition) is 4. The van der Waals surface area contributed by atoms with Gasteiger partial charge >= 0.3 is 0 Å². The number of benzene rings is 1. The van der Waals surface area contributed by atoms with E-state index in [1.54, 1.807) is 0 Å². The van der Waals surface area contributed by atoms with E-state index in [4.69, 9.17) is 5.14 Å². The average Bonchev–Trinajstić information content (AvgIpc) is 2.88. The van der Waals surface area contributed by atoms with Crippen molar-refractivity contribution in [1.29, 1.82) is 0 Å². The van der Waals surface area contributed by atoms with Crippen LogP contribution >= 0.6 is 0 Å². The van der Waals surface area contributed by atoms with Crippen LogP contribution in [-0.2, 0) is 10.0 Å². The summed E-state index contributed by atoms with van der Waals surface area (Å²) in [7, 11) is -3.85. The van der Waals surface area contributed by atoms with E-state index in [1.807, 2.05) is 0 Å². The van der Waals surface area contributed by atoms with Crippen LogP contribution in [0.2, 0.25) is 0 Å². The van der Waals surface area contributed by atoms with Crippen LogP contribution in [0.4, 0.5) is 10.1 Å². The average molecular weight is 301 g/mol. The summed E-state index contributed by atoms with van der Waals surface area (Å²) >= 11 is 0. The SMILES string of the molecule is NS(=O)(=O)c1ccc(NCCCN2CCCC2)c(F)c1. The molecule has 20 heavy (non-hydrogen) atoms. The molecule has 0 saturated carbocycles. The van der Waals surface area contributed by atoms with E-state index in [1.165, 1.54) is 25.0 Å². The van der Waals surface area contributed by atoms with Crippen molar-refractivity contribution in [1.82, 2.24) is 4.90 Å². The van der Waals surface area contributed by atoms with Gasteiger partial charge in [0.2, 0.25) is 10.0 Å². The summed E-state index contributed by atoms with van der Waals surface area (Å²) in [5, 5.41) is 7.93. The first-order valence-electron chi connectivity index (χ1n) is 6.75. The smallest absolute Gasteiger partial charge is 0.238 e. The van der Waals surface area contributed by atoms with Gasteiger partial charge in [-0.1, -0.05) is 0 Å². The van der Waals surface area contributed by atoms with Gasteiger partial charge in [0.15, 0.2) is 0 Å². The second kappa shape index (κ2) is 6.51. The molecule has 0 spiro atoms. The van der Waals surface area contributed by atoms with Crippen molar-refractivity contribution in [3.63, 3.8) is 0 Å². The van der Waals surface area contributed by atoms with Crippen LogP contribution in [0.1, 0.15) is 19.3 Å². The van der Waals surface area contributed by atoms with Gasteiger partial charge in [-0.25, -0.2) is 17.9 Å². The van der Waals surface area contributed by atoms with E-state index in [-0.39, 0.29) is 4.90 Å². The molecule has 1 aliphatic heterocycles. The van der Waals surface area contributed by atoms with Crippen LogP contribution < -0.4 is 10.5 Å². The molecular weight excluding hydrogens is 281 g/mol. The Labute approximate surface area is 119 Å². The fourth-order valence-corrected chi connectivity index (χ4v) is 2.87. The molecule has 1 heterocycles. The minimum Gasteiger partial charge on any atom is -0.383 e. The highest BCUT2D eigenvalue weighted by Gasteiger charge is 2.12. The Morgan fingerprint density at radius 2 is 2.00 bits per heavy atom. The number of primary sulfonamides is 1. The Morgan fingerprint density at radius 1 is 1.30 bits per heavy atom. The first-order valence-corrected chi connectivity index (χ1v) is 8.30. The number of hydrogen-bond donors (Lipinski definition) is 2. The maximum Gasteiger partial charge on any atom is 0.238 e. The summed E-state index contributed by atoms with van der Waals surface area (Å²) in [6.45, 7) is 3.96. The molecule has 0 atom stereocenters. The summed E-state index contributed by atoms with van der Waals surface area (Å²) in [5.74, 6) is -0.599. The van der Waals surface area contributed by atoms with Gasteiger partial charge in [0.05, 0.1) is 10.6 Å². The molecule has 2 rings (SSSR count). The molecule has 1 aromatic carbocycles. The normalized spacial score (nSPS) is 16.5. The molecular formula is C13H20FN3O2S. The third-order valence-corrected chi connectivity index (χ3v) is 4.35. The highest BCUT2D eigenvalue weighted by atomic mass is 32.2. The van der Waals surface area contributed by atoms with Crippen LogP contribution in [0.5, 0.6) is 0 Å². The molecule has 0 radical (unpaired) electrons. The molecule has 0 aliphatic carbocycles. The molecule has 0 bridgehead atoms. The van der Waals surface area contributed by atoms with E-state index in [2.05, 4.69) is 10.2 Å². The first kappa shape index (κ1) is 15.2. The molecule has 1 aliphatic rings. The molecule has 7 heteroatoms. The van der Waals surface area contributed by atoms with Crippen LogP contribution in [0.3, 0.4) is 0 Å². The number of likely N-dealkylation sites (tertiary alicyclic amines) is 1. The minimum atomic E-state index is -3.85. The second-order valence-corrected chi connectivity index (χ2v) is 6.58. The van der Waals surface area contributed by atoms with E-state index >= 15 is 0 Å². The molecule has 112 valence electrons. The van der Waals surface area contributed by atoms with Gasteiger partial charge < -0.3 is 10.2 Å². The zero-order valence-corrected chi connectivity index (χ0v) is 12.1. The fraction of sp³-hybridized carbons (Fsp3) is 0.538. The first-order chi connectivity index (χ1) is 9.47. The van der Waals surface area contributed by atoms with Gasteiger partial charge in [-0.2, -0.15) is 0 Å². The standard InChI is InChI=1S/C13H20FN3O2S/c14-12-10-11(20(15,18)19)4-5-13(12)16-6-3-9-17-7-1-2-8-17/h4-5,10,16H,1-3,6-9H2,(H2,15,18,19). The topological polar surface area (TPSA) is 75.4 Å². The second-order valence-electron chi connectivity index (χ2n) is 5.02. The van der Waals surface area contributed by atoms with E-state index < -0.39 is 15.8 Å². The zero-order chi connectivity index (χ0) is 14.6. The van der Waals surface area contributed by atoms with Crippen LogP contribution in [-0.4, -0.2) is 39.5 Å². The summed E-state index contributed by atoms with van der Waals surface area (Å²) in [6.07, 6.45) is 3.45. The van der Waals surface area contributed by atoms with Gasteiger partial charge in [-0.05, 0) is 57.1 Å². The number of nitrogens with one attached hydrogen (secondary N) is 1. The largest absolute Gasteiger partial charge is 0.383 e. The Hall–Kier alpha value is -1.18. The fourth-order valence-electron chi connectivity index (χ4n) is 2.35. The van der Waals surface area contributed by atoms with Crippen molar-refractivity contribution in [3.8, 4) is 0 Å². The molecule has 3 N–H and O–H groups in total. The van der Waals surface area contributed by atoms with Crippen molar-refractivity contribution in [2.45, 2.75) is 24.2 Å². The van der Waals surface area contributed by atoms with E-state index in [0.717, 1.165) is 32.1 Å². The van der Waals surface area contributed by atoms with Gasteiger partial charge in [0.25, 0.3) is 0 Å². The van der Waals surface area contributed by atoms with Crippen molar-refractivity contribution in [2.75, 3.05) is 31.5 Å². The van der Waals surface area contributed by atoms with Crippen molar-refractivity contribution < 1.29 is 12.8 Å². The number of halogens is 1.